The van der Waals surface area contributed by atoms with Gasteiger partial charge in [-0.2, -0.15) is 0 Å². The molecule has 0 unspecified atom stereocenters. The summed E-state index contributed by atoms with van der Waals surface area (Å²) in [6.07, 6.45) is 4.31. The molecular formula is C15H22N2O2. The third-order valence-electron chi connectivity index (χ3n) is 3.83. The van der Waals surface area contributed by atoms with Crippen molar-refractivity contribution in [1.82, 2.24) is 0 Å². The lowest BCUT2D eigenvalue weighted by atomic mass is 9.94. The van der Waals surface area contributed by atoms with Gasteiger partial charge in [0, 0.05) is 12.0 Å². The fraction of sp³-hybridized carbons (Fsp3) is 0.533. The van der Waals surface area contributed by atoms with Crippen LogP contribution in [0.3, 0.4) is 0 Å². The molecule has 0 saturated heterocycles. The van der Waals surface area contributed by atoms with Crippen LogP contribution in [-0.4, -0.2) is 16.6 Å². The van der Waals surface area contributed by atoms with Crippen molar-refractivity contribution in [3.63, 3.8) is 0 Å². The molecule has 0 aliphatic heterocycles. The van der Waals surface area contributed by atoms with Gasteiger partial charge in [-0.15, -0.1) is 0 Å². The topological polar surface area (TPSA) is 75.3 Å². The van der Waals surface area contributed by atoms with E-state index in [9.17, 15) is 9.90 Å². The minimum Gasteiger partial charge on any atom is -0.505 e. The highest BCUT2D eigenvalue weighted by molar-refractivity contribution is 5.93. The second-order valence-electron chi connectivity index (χ2n) is 5.77. The molecule has 0 radical (unpaired) electrons. The first-order valence-corrected chi connectivity index (χ1v) is 6.79. The van der Waals surface area contributed by atoms with Crippen molar-refractivity contribution in [1.29, 1.82) is 0 Å². The Kier molecular flexibility index (Phi) is 3.80. The van der Waals surface area contributed by atoms with Gasteiger partial charge in [-0.1, -0.05) is 18.9 Å². The highest BCUT2D eigenvalue weighted by Gasteiger charge is 2.31. The Labute approximate surface area is 114 Å². The molecule has 104 valence electrons. The summed E-state index contributed by atoms with van der Waals surface area (Å²) in [4.78, 5) is 12.0. The van der Waals surface area contributed by atoms with Gasteiger partial charge in [0.1, 0.15) is 5.75 Å². The van der Waals surface area contributed by atoms with E-state index in [1.54, 1.807) is 6.07 Å². The molecule has 0 bridgehead atoms. The summed E-state index contributed by atoms with van der Waals surface area (Å²) < 4.78 is 0. The average molecular weight is 262 g/mol. The Hall–Kier alpha value is -1.55. The molecule has 0 aromatic heterocycles. The molecule has 19 heavy (non-hydrogen) atoms. The molecule has 4 heteroatoms. The van der Waals surface area contributed by atoms with Crippen molar-refractivity contribution in [2.24, 2.45) is 5.73 Å². The lowest BCUT2D eigenvalue weighted by Crippen LogP contribution is -2.40. The van der Waals surface area contributed by atoms with E-state index in [-0.39, 0.29) is 17.2 Å². The Balaban J connectivity index is 2.07. The Morgan fingerprint density at radius 2 is 2.00 bits per heavy atom. The zero-order chi connectivity index (χ0) is 14.0. The van der Waals surface area contributed by atoms with Crippen LogP contribution in [-0.2, 0) is 4.79 Å². The molecule has 1 saturated carbocycles. The van der Waals surface area contributed by atoms with Crippen LogP contribution in [0.25, 0.3) is 0 Å². The van der Waals surface area contributed by atoms with E-state index < -0.39 is 0 Å². The van der Waals surface area contributed by atoms with Gasteiger partial charge >= 0.3 is 0 Å². The second kappa shape index (κ2) is 5.21. The van der Waals surface area contributed by atoms with Gasteiger partial charge in [0.15, 0.2) is 0 Å². The van der Waals surface area contributed by atoms with E-state index in [1.165, 1.54) is 0 Å². The summed E-state index contributed by atoms with van der Waals surface area (Å²) >= 11 is 0. The number of aromatic hydroxyl groups is 1. The van der Waals surface area contributed by atoms with E-state index in [4.69, 9.17) is 5.73 Å². The molecule has 1 amide bonds. The van der Waals surface area contributed by atoms with Gasteiger partial charge in [0.2, 0.25) is 5.91 Å². The largest absolute Gasteiger partial charge is 0.505 e. The summed E-state index contributed by atoms with van der Waals surface area (Å²) in [6, 6.07) is 3.66. The van der Waals surface area contributed by atoms with E-state index in [2.05, 4.69) is 5.32 Å². The number of benzene rings is 1. The number of nitrogens with one attached hydrogen (secondary N) is 1. The SMILES string of the molecule is Cc1cc(C)c(O)c(NC(=O)CC2(N)CCCC2)c1. The zero-order valence-electron chi connectivity index (χ0n) is 11.6. The number of phenols is 1. The first-order valence-electron chi connectivity index (χ1n) is 6.79. The van der Waals surface area contributed by atoms with Crippen LogP contribution in [0, 0.1) is 13.8 Å². The molecule has 0 spiro atoms. The second-order valence-corrected chi connectivity index (χ2v) is 5.77. The van der Waals surface area contributed by atoms with Crippen molar-refractivity contribution in [2.45, 2.75) is 51.5 Å². The highest BCUT2D eigenvalue weighted by Crippen LogP contribution is 2.32. The lowest BCUT2D eigenvalue weighted by Gasteiger charge is -2.22. The van der Waals surface area contributed by atoms with Gasteiger partial charge in [-0.25, -0.2) is 0 Å². The number of anilines is 1. The molecule has 1 aliphatic rings. The normalized spacial score (nSPS) is 17.4. The van der Waals surface area contributed by atoms with Gasteiger partial charge in [0.25, 0.3) is 0 Å². The number of carbonyl (C=O) groups is 1. The van der Waals surface area contributed by atoms with E-state index >= 15 is 0 Å². The summed E-state index contributed by atoms with van der Waals surface area (Å²) in [5, 5.41) is 12.7. The number of rotatable bonds is 3. The number of nitrogens with two attached hydrogens (primary N) is 1. The lowest BCUT2D eigenvalue weighted by molar-refractivity contribution is -0.117. The van der Waals surface area contributed by atoms with Crippen molar-refractivity contribution in [3.8, 4) is 5.75 Å². The molecule has 4 nitrogen and oxygen atoms in total. The van der Waals surface area contributed by atoms with Gasteiger partial charge in [-0.3, -0.25) is 4.79 Å². The molecule has 1 aliphatic carbocycles. The Morgan fingerprint density at radius 3 is 2.63 bits per heavy atom. The monoisotopic (exact) mass is 262 g/mol. The van der Waals surface area contributed by atoms with E-state index in [1.807, 2.05) is 19.9 Å². The first kappa shape index (κ1) is 13.9. The molecule has 1 aromatic carbocycles. The van der Waals surface area contributed by atoms with Crippen LogP contribution < -0.4 is 11.1 Å². The number of hydrogen-bond donors (Lipinski definition) is 3. The molecule has 1 fully saturated rings. The predicted molar refractivity (Wildman–Crippen MR) is 76.2 cm³/mol. The zero-order valence-corrected chi connectivity index (χ0v) is 11.6. The maximum absolute atomic E-state index is 12.0. The highest BCUT2D eigenvalue weighted by atomic mass is 16.3. The van der Waals surface area contributed by atoms with Crippen LogP contribution in [0.1, 0.15) is 43.2 Å². The average Bonchev–Trinajstić information content (AvgIpc) is 2.71. The molecule has 4 N–H and O–H groups in total. The number of phenolic OH excluding ortho intramolecular Hbond substituents is 1. The molecule has 1 aromatic rings. The van der Waals surface area contributed by atoms with Crippen LogP contribution in [0.15, 0.2) is 12.1 Å². The Morgan fingerprint density at radius 1 is 1.37 bits per heavy atom. The fourth-order valence-corrected chi connectivity index (χ4v) is 2.83. The van der Waals surface area contributed by atoms with Gasteiger partial charge in [-0.05, 0) is 43.9 Å². The summed E-state index contributed by atoms with van der Waals surface area (Å²) in [6.45, 7) is 3.75. The summed E-state index contributed by atoms with van der Waals surface area (Å²) in [5.41, 5.74) is 8.07. The molecule has 0 atom stereocenters. The minimum absolute atomic E-state index is 0.121. The first-order chi connectivity index (χ1) is 8.89. The van der Waals surface area contributed by atoms with Crippen molar-refractivity contribution >= 4 is 11.6 Å². The van der Waals surface area contributed by atoms with Crippen LogP contribution >= 0.6 is 0 Å². The number of aryl methyl sites for hydroxylation is 2. The van der Waals surface area contributed by atoms with Crippen LogP contribution in [0.5, 0.6) is 5.75 Å². The summed E-state index contributed by atoms with van der Waals surface area (Å²) in [7, 11) is 0. The van der Waals surface area contributed by atoms with Gasteiger partial charge < -0.3 is 16.2 Å². The fourth-order valence-electron chi connectivity index (χ4n) is 2.83. The van der Waals surface area contributed by atoms with Crippen molar-refractivity contribution in [2.75, 3.05) is 5.32 Å². The minimum atomic E-state index is -0.363. The van der Waals surface area contributed by atoms with E-state index in [0.29, 0.717) is 12.1 Å². The van der Waals surface area contributed by atoms with Crippen LogP contribution in [0.4, 0.5) is 5.69 Å². The standard InChI is InChI=1S/C15H22N2O2/c1-10-7-11(2)14(19)12(8-10)17-13(18)9-15(16)5-3-4-6-15/h7-8,19H,3-6,9,16H2,1-2H3,(H,17,18). The quantitative estimate of drug-likeness (QED) is 0.733. The maximum Gasteiger partial charge on any atom is 0.226 e. The van der Waals surface area contributed by atoms with Crippen molar-refractivity contribution in [3.05, 3.63) is 23.3 Å². The van der Waals surface area contributed by atoms with Gasteiger partial charge in [0.05, 0.1) is 5.69 Å². The smallest absolute Gasteiger partial charge is 0.226 e. The maximum atomic E-state index is 12.0. The van der Waals surface area contributed by atoms with Crippen LogP contribution in [0.2, 0.25) is 0 Å². The number of amides is 1. The van der Waals surface area contributed by atoms with E-state index in [0.717, 1.165) is 36.8 Å². The molecule has 0 heterocycles. The molecular weight excluding hydrogens is 240 g/mol. The Bertz CT molecular complexity index is 491. The predicted octanol–water partition coefficient (Wildman–Crippen LogP) is 2.61. The number of carbonyl (C=O) groups excluding carboxylic acids is 1. The van der Waals surface area contributed by atoms with Crippen molar-refractivity contribution < 1.29 is 9.90 Å². The third-order valence-corrected chi connectivity index (χ3v) is 3.83. The third kappa shape index (κ3) is 3.26. The summed E-state index contributed by atoms with van der Waals surface area (Å²) in [5.74, 6) is 0.0149. The molecule has 2 rings (SSSR count). The number of hydrogen-bond acceptors (Lipinski definition) is 3.